The maximum Gasteiger partial charge on any atom is 0.269 e. The van der Waals surface area contributed by atoms with E-state index in [2.05, 4.69) is 0 Å². The van der Waals surface area contributed by atoms with Crippen molar-refractivity contribution >= 4 is 15.5 Å². The molecule has 0 radical (unpaired) electrons. The van der Waals surface area contributed by atoms with Gasteiger partial charge in [-0.1, -0.05) is 0 Å². The molecule has 0 saturated carbocycles. The Kier molecular flexibility index (Phi) is 2.68. The Bertz CT molecular complexity index is 628. The van der Waals surface area contributed by atoms with Crippen LogP contribution in [0.15, 0.2) is 57.1 Å². The summed E-state index contributed by atoms with van der Waals surface area (Å²) in [5.41, 5.74) is -0.164. The number of nitro benzene ring substituents is 1. The molecule has 0 saturated heterocycles. The molecule has 1 heterocycles. The minimum atomic E-state index is -3.73. The second kappa shape index (κ2) is 4.02. The van der Waals surface area contributed by atoms with E-state index >= 15 is 0 Å². The van der Waals surface area contributed by atoms with Crippen LogP contribution in [0.2, 0.25) is 0 Å². The van der Waals surface area contributed by atoms with Gasteiger partial charge in [0.1, 0.15) is 0 Å². The van der Waals surface area contributed by atoms with E-state index in [1.165, 1.54) is 30.5 Å². The first kappa shape index (κ1) is 11.3. The number of hydrogen-bond acceptors (Lipinski definition) is 5. The zero-order chi connectivity index (χ0) is 12.5. The summed E-state index contributed by atoms with van der Waals surface area (Å²) in [6, 6.07) is 7.40. The zero-order valence-electron chi connectivity index (χ0n) is 8.44. The maximum absolute atomic E-state index is 11.9. The lowest BCUT2D eigenvalue weighted by molar-refractivity contribution is -0.384. The van der Waals surface area contributed by atoms with Gasteiger partial charge in [0.2, 0.25) is 14.9 Å². The molecule has 1 aromatic heterocycles. The molecule has 0 amide bonds. The minimum Gasteiger partial charge on any atom is -0.453 e. The summed E-state index contributed by atoms with van der Waals surface area (Å²) in [6.45, 7) is 0. The van der Waals surface area contributed by atoms with E-state index in [1.54, 1.807) is 0 Å². The van der Waals surface area contributed by atoms with Crippen LogP contribution in [0.3, 0.4) is 0 Å². The topological polar surface area (TPSA) is 90.4 Å². The lowest BCUT2D eigenvalue weighted by atomic mass is 10.3. The van der Waals surface area contributed by atoms with Crippen LogP contribution in [-0.4, -0.2) is 13.3 Å². The van der Waals surface area contributed by atoms with Crippen LogP contribution < -0.4 is 0 Å². The fraction of sp³-hybridized carbons (Fsp3) is 0. The second-order valence-electron chi connectivity index (χ2n) is 3.19. The van der Waals surface area contributed by atoms with Crippen LogP contribution in [0.4, 0.5) is 5.69 Å². The van der Waals surface area contributed by atoms with Gasteiger partial charge in [0.05, 0.1) is 16.1 Å². The number of hydrogen-bond donors (Lipinski definition) is 0. The van der Waals surface area contributed by atoms with Crippen LogP contribution in [-0.2, 0) is 9.84 Å². The predicted molar refractivity (Wildman–Crippen MR) is 57.3 cm³/mol. The third-order valence-corrected chi connectivity index (χ3v) is 3.77. The molecule has 0 fully saturated rings. The Balaban J connectivity index is 2.45. The molecule has 0 aliphatic carbocycles. The average Bonchev–Trinajstić information content (AvgIpc) is 2.83. The largest absolute Gasteiger partial charge is 0.453 e. The number of furan rings is 1. The van der Waals surface area contributed by atoms with E-state index < -0.39 is 14.8 Å². The van der Waals surface area contributed by atoms with Crippen molar-refractivity contribution in [2.24, 2.45) is 0 Å². The molecule has 88 valence electrons. The van der Waals surface area contributed by atoms with Gasteiger partial charge in [-0.05, 0) is 24.3 Å². The Morgan fingerprint density at radius 1 is 1.12 bits per heavy atom. The van der Waals surface area contributed by atoms with Gasteiger partial charge in [-0.15, -0.1) is 0 Å². The molecule has 0 unspecified atom stereocenters. The van der Waals surface area contributed by atoms with Crippen molar-refractivity contribution in [3.05, 3.63) is 52.8 Å². The predicted octanol–water partition coefficient (Wildman–Crippen LogP) is 2.02. The Morgan fingerprint density at radius 2 is 1.76 bits per heavy atom. The highest BCUT2D eigenvalue weighted by atomic mass is 32.2. The van der Waals surface area contributed by atoms with E-state index in [-0.39, 0.29) is 15.7 Å². The van der Waals surface area contributed by atoms with Gasteiger partial charge in [0.15, 0.2) is 0 Å². The summed E-state index contributed by atoms with van der Waals surface area (Å²) in [6.07, 6.45) is 1.25. The van der Waals surface area contributed by atoms with Crippen molar-refractivity contribution in [2.75, 3.05) is 0 Å². The quantitative estimate of drug-likeness (QED) is 0.616. The first-order valence-electron chi connectivity index (χ1n) is 4.55. The number of nitrogens with zero attached hydrogens (tertiary/aromatic N) is 1. The van der Waals surface area contributed by atoms with Crippen LogP contribution in [0.1, 0.15) is 0 Å². The summed E-state index contributed by atoms with van der Waals surface area (Å²) >= 11 is 0. The van der Waals surface area contributed by atoms with Crippen molar-refractivity contribution in [1.82, 2.24) is 0 Å². The van der Waals surface area contributed by atoms with Crippen molar-refractivity contribution in [2.45, 2.75) is 9.99 Å². The van der Waals surface area contributed by atoms with E-state index in [1.807, 2.05) is 0 Å². The smallest absolute Gasteiger partial charge is 0.269 e. The lowest BCUT2D eigenvalue weighted by Gasteiger charge is -2.00. The SMILES string of the molecule is O=[N+]([O-])c1ccc(S(=O)(=O)c2ccco2)cc1. The fourth-order valence-corrected chi connectivity index (χ4v) is 2.45. The summed E-state index contributed by atoms with van der Waals surface area (Å²) < 4.78 is 28.6. The Morgan fingerprint density at radius 3 is 2.24 bits per heavy atom. The standard InChI is InChI=1S/C10H7NO5S/c12-11(13)8-3-5-9(6-4-8)17(14,15)10-2-1-7-16-10/h1-7H. The highest BCUT2D eigenvalue weighted by Crippen LogP contribution is 2.22. The number of non-ortho nitro benzene ring substituents is 1. The molecule has 0 spiro atoms. The van der Waals surface area contributed by atoms with Gasteiger partial charge in [-0.2, -0.15) is 0 Å². The third-order valence-electron chi connectivity index (χ3n) is 2.12. The molecule has 7 heteroatoms. The molecule has 6 nitrogen and oxygen atoms in total. The molecule has 0 atom stereocenters. The molecular formula is C10H7NO5S. The van der Waals surface area contributed by atoms with Crippen molar-refractivity contribution in [1.29, 1.82) is 0 Å². The highest BCUT2D eigenvalue weighted by Gasteiger charge is 2.21. The van der Waals surface area contributed by atoms with Crippen LogP contribution in [0, 0.1) is 10.1 Å². The summed E-state index contributed by atoms with van der Waals surface area (Å²) in [4.78, 5) is 9.79. The molecule has 2 rings (SSSR count). The number of nitro groups is 1. The first-order chi connectivity index (χ1) is 8.01. The van der Waals surface area contributed by atoms with Gasteiger partial charge < -0.3 is 4.42 Å². The second-order valence-corrected chi connectivity index (χ2v) is 5.07. The molecule has 0 aliphatic rings. The van der Waals surface area contributed by atoms with Gasteiger partial charge in [-0.25, -0.2) is 8.42 Å². The van der Waals surface area contributed by atoms with Gasteiger partial charge >= 0.3 is 0 Å². The van der Waals surface area contributed by atoms with Crippen molar-refractivity contribution < 1.29 is 17.8 Å². The molecule has 0 aliphatic heterocycles. The highest BCUT2D eigenvalue weighted by molar-refractivity contribution is 7.91. The van der Waals surface area contributed by atoms with E-state index in [0.29, 0.717) is 0 Å². The average molecular weight is 253 g/mol. The summed E-state index contributed by atoms with van der Waals surface area (Å²) in [7, 11) is -3.73. The summed E-state index contributed by atoms with van der Waals surface area (Å²) in [5, 5.41) is 10.2. The van der Waals surface area contributed by atoms with Crippen LogP contribution in [0.5, 0.6) is 0 Å². The maximum atomic E-state index is 11.9. The van der Waals surface area contributed by atoms with Crippen molar-refractivity contribution in [3.8, 4) is 0 Å². The number of rotatable bonds is 3. The Labute approximate surface area is 96.6 Å². The molecule has 0 N–H and O–H groups in total. The molecule has 2 aromatic rings. The van der Waals surface area contributed by atoms with E-state index in [0.717, 1.165) is 12.1 Å². The third kappa shape index (κ3) is 2.04. The van der Waals surface area contributed by atoms with E-state index in [9.17, 15) is 18.5 Å². The first-order valence-corrected chi connectivity index (χ1v) is 6.03. The molecule has 1 aromatic carbocycles. The Hall–Kier alpha value is -2.15. The van der Waals surface area contributed by atoms with Gasteiger partial charge in [0.25, 0.3) is 5.69 Å². The zero-order valence-corrected chi connectivity index (χ0v) is 9.25. The number of benzene rings is 1. The number of sulfone groups is 1. The van der Waals surface area contributed by atoms with E-state index in [4.69, 9.17) is 4.42 Å². The van der Waals surface area contributed by atoms with Crippen LogP contribution in [0.25, 0.3) is 0 Å². The van der Waals surface area contributed by atoms with Crippen LogP contribution >= 0.6 is 0 Å². The molecular weight excluding hydrogens is 246 g/mol. The summed E-state index contributed by atoms with van der Waals surface area (Å²) in [5.74, 6) is 0. The van der Waals surface area contributed by atoms with Crippen molar-refractivity contribution in [3.63, 3.8) is 0 Å². The normalized spacial score (nSPS) is 11.3. The monoisotopic (exact) mass is 253 g/mol. The van der Waals surface area contributed by atoms with Gasteiger partial charge in [0, 0.05) is 12.1 Å². The fourth-order valence-electron chi connectivity index (χ4n) is 1.28. The lowest BCUT2D eigenvalue weighted by Crippen LogP contribution is -2.00. The molecule has 17 heavy (non-hydrogen) atoms. The minimum absolute atomic E-state index is 0.0435. The molecule has 0 bridgehead atoms. The van der Waals surface area contributed by atoms with Gasteiger partial charge in [-0.3, -0.25) is 10.1 Å².